The zero-order chi connectivity index (χ0) is 17.8. The number of rotatable bonds is 3. The van der Waals surface area contributed by atoms with Gasteiger partial charge in [0.15, 0.2) is 5.11 Å². The van der Waals surface area contributed by atoms with Crippen LogP contribution in [0.25, 0.3) is 0 Å². The van der Waals surface area contributed by atoms with Crippen molar-refractivity contribution in [3.63, 3.8) is 0 Å². The first-order chi connectivity index (χ1) is 12.0. The van der Waals surface area contributed by atoms with Gasteiger partial charge in [0, 0.05) is 32.7 Å². The summed E-state index contributed by atoms with van der Waals surface area (Å²) >= 11 is 11.9. The first kappa shape index (κ1) is 18.0. The van der Waals surface area contributed by atoms with Gasteiger partial charge >= 0.3 is 0 Å². The topological polar surface area (TPSA) is 38.7 Å². The number of hydrogen-bond donors (Lipinski definition) is 2. The molecule has 2 N–H and O–H groups in total. The number of phenolic OH excluding ortho intramolecular Hbond substituents is 1. The molecule has 1 saturated heterocycles. The monoisotopic (exact) mass is 375 g/mol. The predicted octanol–water partition coefficient (Wildman–Crippen LogP) is 3.87. The fraction of sp³-hybridized carbons (Fsp3) is 0.316. The van der Waals surface area contributed by atoms with Gasteiger partial charge < -0.3 is 15.3 Å². The number of aromatic hydroxyl groups is 1. The molecule has 0 radical (unpaired) electrons. The third-order valence-corrected chi connectivity index (χ3v) is 5.27. The van der Waals surface area contributed by atoms with E-state index in [1.807, 2.05) is 43.3 Å². The van der Waals surface area contributed by atoms with Crippen LogP contribution in [0.1, 0.15) is 11.1 Å². The quantitative estimate of drug-likeness (QED) is 0.797. The van der Waals surface area contributed by atoms with Gasteiger partial charge in [0.05, 0.1) is 10.7 Å². The lowest BCUT2D eigenvalue weighted by molar-refractivity contribution is 0.177. The highest BCUT2D eigenvalue weighted by molar-refractivity contribution is 7.80. The molecule has 1 aliphatic heterocycles. The fourth-order valence-electron chi connectivity index (χ4n) is 2.96. The normalized spacial score (nSPS) is 15.2. The van der Waals surface area contributed by atoms with Crippen LogP contribution in [0.2, 0.25) is 5.02 Å². The van der Waals surface area contributed by atoms with Crippen molar-refractivity contribution in [3.8, 4) is 5.75 Å². The van der Waals surface area contributed by atoms with E-state index in [1.54, 1.807) is 6.07 Å². The van der Waals surface area contributed by atoms with Crippen molar-refractivity contribution < 1.29 is 5.11 Å². The molecule has 0 spiro atoms. The molecule has 3 rings (SSSR count). The number of anilines is 1. The Hall–Kier alpha value is -1.82. The summed E-state index contributed by atoms with van der Waals surface area (Å²) in [4.78, 5) is 4.54. The van der Waals surface area contributed by atoms with Crippen molar-refractivity contribution in [2.75, 3.05) is 31.5 Å². The summed E-state index contributed by atoms with van der Waals surface area (Å²) in [5, 5.41) is 14.3. The minimum Gasteiger partial charge on any atom is -0.508 e. The van der Waals surface area contributed by atoms with Crippen LogP contribution >= 0.6 is 23.8 Å². The molecule has 0 saturated carbocycles. The first-order valence-corrected chi connectivity index (χ1v) is 9.13. The van der Waals surface area contributed by atoms with E-state index in [0.29, 0.717) is 15.9 Å². The van der Waals surface area contributed by atoms with Crippen molar-refractivity contribution >= 4 is 34.6 Å². The van der Waals surface area contributed by atoms with Crippen molar-refractivity contribution in [1.82, 2.24) is 9.80 Å². The molecule has 2 aromatic rings. The van der Waals surface area contributed by atoms with Crippen LogP contribution < -0.4 is 5.32 Å². The summed E-state index contributed by atoms with van der Waals surface area (Å²) < 4.78 is 0. The molecule has 4 nitrogen and oxygen atoms in total. The summed E-state index contributed by atoms with van der Waals surface area (Å²) in [7, 11) is 0. The molecule has 2 aromatic carbocycles. The second-order valence-corrected chi connectivity index (χ2v) is 7.06. The molecule has 0 amide bonds. The zero-order valence-electron chi connectivity index (χ0n) is 14.2. The molecule has 6 heteroatoms. The Morgan fingerprint density at radius 3 is 2.60 bits per heavy atom. The van der Waals surface area contributed by atoms with Crippen LogP contribution in [-0.2, 0) is 6.54 Å². The Morgan fingerprint density at radius 2 is 1.88 bits per heavy atom. The number of benzene rings is 2. The van der Waals surface area contributed by atoms with E-state index in [9.17, 15) is 5.11 Å². The van der Waals surface area contributed by atoms with Gasteiger partial charge in [0.1, 0.15) is 5.75 Å². The molecule has 0 bridgehead atoms. The Balaban J connectivity index is 1.53. The van der Waals surface area contributed by atoms with Crippen LogP contribution in [0.4, 0.5) is 5.69 Å². The summed E-state index contributed by atoms with van der Waals surface area (Å²) in [6.45, 7) is 6.42. The van der Waals surface area contributed by atoms with E-state index in [1.165, 1.54) is 0 Å². The highest BCUT2D eigenvalue weighted by atomic mass is 35.5. The molecule has 1 heterocycles. The van der Waals surface area contributed by atoms with Crippen molar-refractivity contribution in [1.29, 1.82) is 0 Å². The highest BCUT2D eigenvalue weighted by Crippen LogP contribution is 2.25. The van der Waals surface area contributed by atoms with Gasteiger partial charge in [0.25, 0.3) is 0 Å². The van der Waals surface area contributed by atoms with Crippen molar-refractivity contribution in [2.45, 2.75) is 13.5 Å². The maximum atomic E-state index is 9.58. The lowest BCUT2D eigenvalue weighted by Crippen LogP contribution is -2.49. The fourth-order valence-corrected chi connectivity index (χ4v) is 3.43. The number of nitrogens with one attached hydrogen (secondary N) is 1. The number of aryl methyl sites for hydroxylation is 1. The van der Waals surface area contributed by atoms with Gasteiger partial charge in [-0.05, 0) is 48.5 Å². The standard InChI is InChI=1S/C19H22ClN3OS/c1-14-4-2-7-17(18(14)20)21-19(25)23-10-8-22(9-11-23)13-15-5-3-6-16(24)12-15/h2-7,12,24H,8-11,13H2,1H3,(H,21,25). The second-order valence-electron chi connectivity index (χ2n) is 6.30. The van der Waals surface area contributed by atoms with Crippen LogP contribution in [0.15, 0.2) is 42.5 Å². The van der Waals surface area contributed by atoms with Gasteiger partial charge in [-0.25, -0.2) is 0 Å². The average Bonchev–Trinajstić information content (AvgIpc) is 2.59. The Morgan fingerprint density at radius 1 is 1.16 bits per heavy atom. The number of halogens is 1. The molecule has 1 fully saturated rings. The van der Waals surface area contributed by atoms with E-state index >= 15 is 0 Å². The minimum absolute atomic E-state index is 0.316. The largest absolute Gasteiger partial charge is 0.508 e. The van der Waals surface area contributed by atoms with Gasteiger partial charge in [-0.2, -0.15) is 0 Å². The van der Waals surface area contributed by atoms with Gasteiger partial charge in [0.2, 0.25) is 0 Å². The molecular formula is C19H22ClN3OS. The van der Waals surface area contributed by atoms with Gasteiger partial charge in [-0.15, -0.1) is 0 Å². The number of piperazine rings is 1. The highest BCUT2D eigenvalue weighted by Gasteiger charge is 2.19. The van der Waals surface area contributed by atoms with Crippen LogP contribution in [-0.4, -0.2) is 46.2 Å². The third kappa shape index (κ3) is 4.63. The Kier molecular flexibility index (Phi) is 5.78. The van der Waals surface area contributed by atoms with E-state index in [4.69, 9.17) is 23.8 Å². The van der Waals surface area contributed by atoms with Gasteiger partial charge in [-0.3, -0.25) is 4.90 Å². The molecule has 0 unspecified atom stereocenters. The van der Waals surface area contributed by atoms with Crippen LogP contribution in [0.3, 0.4) is 0 Å². The summed E-state index contributed by atoms with van der Waals surface area (Å²) in [6, 6.07) is 13.3. The number of hydrogen-bond acceptors (Lipinski definition) is 3. The molecule has 25 heavy (non-hydrogen) atoms. The molecule has 1 aliphatic rings. The summed E-state index contributed by atoms with van der Waals surface area (Å²) in [6.07, 6.45) is 0. The lowest BCUT2D eigenvalue weighted by atomic mass is 10.2. The summed E-state index contributed by atoms with van der Waals surface area (Å²) in [5.74, 6) is 0.316. The third-order valence-electron chi connectivity index (χ3n) is 4.41. The SMILES string of the molecule is Cc1cccc(NC(=S)N2CCN(Cc3cccc(O)c3)CC2)c1Cl. The van der Waals surface area contributed by atoms with E-state index in [2.05, 4.69) is 15.1 Å². The van der Waals surface area contributed by atoms with Crippen LogP contribution in [0, 0.1) is 6.92 Å². The minimum atomic E-state index is 0.316. The predicted molar refractivity (Wildman–Crippen MR) is 107 cm³/mol. The molecule has 132 valence electrons. The smallest absolute Gasteiger partial charge is 0.173 e. The van der Waals surface area contributed by atoms with E-state index in [-0.39, 0.29) is 0 Å². The van der Waals surface area contributed by atoms with Crippen molar-refractivity contribution in [3.05, 3.63) is 58.6 Å². The number of phenols is 1. The molecule has 0 atom stereocenters. The van der Waals surface area contributed by atoms with Gasteiger partial charge in [-0.1, -0.05) is 35.9 Å². The molecule has 0 aromatic heterocycles. The van der Waals surface area contributed by atoms with Crippen LogP contribution in [0.5, 0.6) is 5.75 Å². The molecule has 0 aliphatic carbocycles. The first-order valence-electron chi connectivity index (χ1n) is 8.34. The Labute approximate surface area is 159 Å². The number of nitrogens with zero attached hydrogens (tertiary/aromatic N) is 2. The Bertz CT molecular complexity index is 760. The second kappa shape index (κ2) is 8.04. The van der Waals surface area contributed by atoms with E-state index in [0.717, 1.165) is 49.5 Å². The average molecular weight is 376 g/mol. The zero-order valence-corrected chi connectivity index (χ0v) is 15.8. The van der Waals surface area contributed by atoms with E-state index < -0.39 is 0 Å². The maximum absolute atomic E-state index is 9.58. The van der Waals surface area contributed by atoms with Crippen molar-refractivity contribution in [2.24, 2.45) is 0 Å². The number of thiocarbonyl (C=S) groups is 1. The maximum Gasteiger partial charge on any atom is 0.173 e. The molecular weight excluding hydrogens is 354 g/mol. The summed E-state index contributed by atoms with van der Waals surface area (Å²) in [5.41, 5.74) is 3.01. The lowest BCUT2D eigenvalue weighted by Gasteiger charge is -2.36.